The minimum absolute atomic E-state index is 0.0745. The van der Waals surface area contributed by atoms with Crippen molar-refractivity contribution in [3.8, 4) is 0 Å². The van der Waals surface area contributed by atoms with Crippen LogP contribution in [0.15, 0.2) is 11.8 Å². The first-order chi connectivity index (χ1) is 8.45. The monoisotopic (exact) mass is 302 g/mol. The Kier molecular flexibility index (Phi) is 6.05. The Hall–Kier alpha value is -1.05. The van der Waals surface area contributed by atoms with Crippen molar-refractivity contribution in [2.45, 2.75) is 45.5 Å². The van der Waals surface area contributed by atoms with E-state index in [9.17, 15) is 26.4 Å². The van der Waals surface area contributed by atoms with Crippen molar-refractivity contribution in [3.05, 3.63) is 11.8 Å². The van der Waals surface area contributed by atoms with E-state index < -0.39 is 21.0 Å². The molecule has 0 N–H and O–H groups in total. The molecule has 0 saturated carbocycles. The van der Waals surface area contributed by atoms with Crippen molar-refractivity contribution < 1.29 is 30.6 Å². The fourth-order valence-corrected chi connectivity index (χ4v) is 1.82. The number of hydrogen-bond acceptors (Lipinski definition) is 4. The molecule has 0 aromatic heterocycles. The summed E-state index contributed by atoms with van der Waals surface area (Å²) in [6.07, 6.45) is 2.22. The third kappa shape index (κ3) is 6.09. The lowest BCUT2D eigenvalue weighted by molar-refractivity contribution is -0.109. The van der Waals surface area contributed by atoms with E-state index in [0.29, 0.717) is 12.7 Å². The topological polar surface area (TPSA) is 60.4 Å². The van der Waals surface area contributed by atoms with Gasteiger partial charge in [0.2, 0.25) is 0 Å². The molecular formula is C11H17F3O4S. The van der Waals surface area contributed by atoms with E-state index in [4.69, 9.17) is 0 Å². The number of hydrogen-bond donors (Lipinski definition) is 0. The number of rotatable bonds is 7. The quantitative estimate of drug-likeness (QED) is 0.314. The van der Waals surface area contributed by atoms with Gasteiger partial charge in [-0.2, -0.15) is 21.6 Å². The van der Waals surface area contributed by atoms with Crippen LogP contribution in [0.3, 0.4) is 0 Å². The van der Waals surface area contributed by atoms with Gasteiger partial charge in [-0.25, -0.2) is 0 Å². The van der Waals surface area contributed by atoms with Crippen molar-refractivity contribution in [2.75, 3.05) is 0 Å². The molecule has 0 aliphatic heterocycles. The molecule has 4 nitrogen and oxygen atoms in total. The second kappa shape index (κ2) is 6.40. The molecule has 0 spiro atoms. The van der Waals surface area contributed by atoms with E-state index in [2.05, 4.69) is 4.18 Å². The normalized spacial score (nSPS) is 14.3. The SMILES string of the molecule is CC/C=C(\CC(C)(C)CC=O)OS(=O)(=O)C(F)(F)F. The highest BCUT2D eigenvalue weighted by Crippen LogP contribution is 2.33. The fraction of sp³-hybridized carbons (Fsp3) is 0.727. The van der Waals surface area contributed by atoms with Crippen LogP contribution in [0.4, 0.5) is 13.2 Å². The van der Waals surface area contributed by atoms with Gasteiger partial charge in [-0.05, 0) is 17.9 Å². The van der Waals surface area contributed by atoms with Crippen LogP contribution < -0.4 is 0 Å². The summed E-state index contributed by atoms with van der Waals surface area (Å²) in [5, 5.41) is 0. The Morgan fingerprint density at radius 2 is 1.79 bits per heavy atom. The van der Waals surface area contributed by atoms with E-state index in [1.165, 1.54) is 6.08 Å². The highest BCUT2D eigenvalue weighted by atomic mass is 32.2. The van der Waals surface area contributed by atoms with Crippen molar-refractivity contribution in [1.29, 1.82) is 0 Å². The second-order valence-electron chi connectivity index (χ2n) is 4.77. The number of alkyl halides is 3. The van der Waals surface area contributed by atoms with Crippen molar-refractivity contribution in [2.24, 2.45) is 5.41 Å². The van der Waals surface area contributed by atoms with Crippen LogP contribution in [0, 0.1) is 5.41 Å². The lowest BCUT2D eigenvalue weighted by Crippen LogP contribution is -2.26. The Bertz CT molecular complexity index is 435. The van der Waals surface area contributed by atoms with Crippen LogP contribution in [0.2, 0.25) is 0 Å². The number of halogens is 3. The largest absolute Gasteiger partial charge is 0.534 e. The lowest BCUT2D eigenvalue weighted by Gasteiger charge is -2.23. The molecule has 0 aliphatic rings. The zero-order valence-corrected chi connectivity index (χ0v) is 11.8. The number of carbonyl (C=O) groups excluding carboxylic acids is 1. The van der Waals surface area contributed by atoms with Crippen LogP contribution in [0.25, 0.3) is 0 Å². The summed E-state index contributed by atoms with van der Waals surface area (Å²) in [7, 11) is -5.66. The Morgan fingerprint density at radius 3 is 2.16 bits per heavy atom. The Labute approximate surface area is 110 Å². The van der Waals surface area contributed by atoms with Gasteiger partial charge in [-0.1, -0.05) is 20.8 Å². The lowest BCUT2D eigenvalue weighted by atomic mass is 9.85. The molecule has 112 valence electrons. The predicted molar refractivity (Wildman–Crippen MR) is 63.5 cm³/mol. The van der Waals surface area contributed by atoms with E-state index in [0.717, 1.165) is 0 Å². The van der Waals surface area contributed by atoms with Gasteiger partial charge in [0.25, 0.3) is 0 Å². The second-order valence-corrected chi connectivity index (χ2v) is 6.31. The summed E-state index contributed by atoms with van der Waals surface area (Å²) in [6, 6.07) is 0. The maximum absolute atomic E-state index is 12.2. The minimum atomic E-state index is -5.66. The first kappa shape index (κ1) is 17.9. The third-order valence-electron chi connectivity index (χ3n) is 2.22. The molecule has 0 amide bonds. The summed E-state index contributed by atoms with van der Waals surface area (Å²) in [5.74, 6) is -0.299. The first-order valence-corrected chi connectivity index (χ1v) is 6.99. The van der Waals surface area contributed by atoms with Crippen molar-refractivity contribution in [3.63, 3.8) is 0 Å². The van der Waals surface area contributed by atoms with Gasteiger partial charge in [0.1, 0.15) is 12.0 Å². The summed E-state index contributed by atoms with van der Waals surface area (Å²) in [4.78, 5) is 10.4. The Morgan fingerprint density at radius 1 is 1.26 bits per heavy atom. The molecular weight excluding hydrogens is 285 g/mol. The molecule has 0 bridgehead atoms. The molecule has 0 aromatic carbocycles. The van der Waals surface area contributed by atoms with Gasteiger partial charge in [-0.3, -0.25) is 0 Å². The molecule has 0 heterocycles. The zero-order valence-electron chi connectivity index (χ0n) is 11.0. The molecule has 0 saturated heterocycles. The van der Waals surface area contributed by atoms with E-state index in [-0.39, 0.29) is 18.6 Å². The average molecular weight is 302 g/mol. The van der Waals surface area contributed by atoms with Gasteiger partial charge in [0.05, 0.1) is 0 Å². The van der Waals surface area contributed by atoms with Gasteiger partial charge in [-0.15, -0.1) is 0 Å². The fourth-order valence-electron chi connectivity index (χ4n) is 1.32. The molecule has 0 aromatic rings. The Balaban J connectivity index is 5.09. The van der Waals surface area contributed by atoms with E-state index in [1.807, 2.05) is 0 Å². The van der Waals surface area contributed by atoms with Gasteiger partial charge >= 0.3 is 15.6 Å². The number of aldehydes is 1. The molecule has 19 heavy (non-hydrogen) atoms. The highest BCUT2D eigenvalue weighted by molar-refractivity contribution is 7.87. The molecule has 0 atom stereocenters. The molecule has 0 aliphatic carbocycles. The smallest absolute Gasteiger partial charge is 0.381 e. The number of carbonyl (C=O) groups is 1. The summed E-state index contributed by atoms with van der Waals surface area (Å²) in [6.45, 7) is 4.90. The third-order valence-corrected chi connectivity index (χ3v) is 3.22. The van der Waals surface area contributed by atoms with Gasteiger partial charge in [0, 0.05) is 12.8 Å². The first-order valence-electron chi connectivity index (χ1n) is 5.58. The van der Waals surface area contributed by atoms with Crippen molar-refractivity contribution in [1.82, 2.24) is 0 Å². The van der Waals surface area contributed by atoms with Crippen molar-refractivity contribution >= 4 is 16.4 Å². The van der Waals surface area contributed by atoms with Crippen LogP contribution >= 0.6 is 0 Å². The molecule has 0 rings (SSSR count). The van der Waals surface area contributed by atoms with E-state index >= 15 is 0 Å². The molecule has 0 radical (unpaired) electrons. The zero-order chi connectivity index (χ0) is 15.3. The molecule has 0 unspecified atom stereocenters. The maximum atomic E-state index is 12.2. The van der Waals surface area contributed by atoms with Crippen LogP contribution in [-0.2, 0) is 19.1 Å². The average Bonchev–Trinajstić information content (AvgIpc) is 2.13. The summed E-state index contributed by atoms with van der Waals surface area (Å²) >= 11 is 0. The number of allylic oxidation sites excluding steroid dienone is 2. The van der Waals surface area contributed by atoms with E-state index in [1.54, 1.807) is 20.8 Å². The molecule has 8 heteroatoms. The summed E-state index contributed by atoms with van der Waals surface area (Å²) < 4.78 is 62.6. The van der Waals surface area contributed by atoms with Crippen LogP contribution in [0.1, 0.15) is 40.0 Å². The van der Waals surface area contributed by atoms with Crippen LogP contribution in [-0.4, -0.2) is 20.2 Å². The minimum Gasteiger partial charge on any atom is -0.381 e. The maximum Gasteiger partial charge on any atom is 0.534 e. The molecule has 0 fully saturated rings. The summed E-state index contributed by atoms with van der Waals surface area (Å²) in [5.41, 5.74) is -6.14. The van der Waals surface area contributed by atoms with Crippen LogP contribution in [0.5, 0.6) is 0 Å². The predicted octanol–water partition coefficient (Wildman–Crippen LogP) is 3.15. The van der Waals surface area contributed by atoms with Gasteiger partial charge < -0.3 is 8.98 Å². The standard InChI is InChI=1S/C11H17F3O4S/c1-4-5-9(8-10(2,3)6-7-15)18-19(16,17)11(12,13)14/h5,7H,4,6,8H2,1-3H3/b9-5+. The van der Waals surface area contributed by atoms with Gasteiger partial charge in [0.15, 0.2) is 0 Å². The highest BCUT2D eigenvalue weighted by Gasteiger charge is 2.49.